The van der Waals surface area contributed by atoms with Crippen molar-refractivity contribution in [2.75, 3.05) is 31.9 Å². The summed E-state index contributed by atoms with van der Waals surface area (Å²) in [4.78, 5) is 16.2. The van der Waals surface area contributed by atoms with Gasteiger partial charge in [-0.2, -0.15) is 14.6 Å². The third kappa shape index (κ3) is 7.26. The predicted octanol–water partition coefficient (Wildman–Crippen LogP) is 3.26. The van der Waals surface area contributed by atoms with Gasteiger partial charge in [-0.3, -0.25) is 10.1 Å². The van der Waals surface area contributed by atoms with Crippen molar-refractivity contribution in [3.8, 4) is 23.3 Å². The summed E-state index contributed by atoms with van der Waals surface area (Å²) >= 11 is 0.700. The van der Waals surface area contributed by atoms with Crippen LogP contribution in [0, 0.1) is 18.3 Å². The van der Waals surface area contributed by atoms with Crippen molar-refractivity contribution in [2.45, 2.75) is 12.1 Å². The molecule has 0 aliphatic carbocycles. The summed E-state index contributed by atoms with van der Waals surface area (Å²) in [5.74, 6) is 0.877. The Labute approximate surface area is 206 Å². The lowest BCUT2D eigenvalue weighted by atomic mass is 10.1. The molecule has 1 aromatic heterocycles. The highest BCUT2D eigenvalue weighted by atomic mass is 32.2. The van der Waals surface area contributed by atoms with E-state index < -0.39 is 20.9 Å². The number of aryl methyl sites for hydroxylation is 1. The van der Waals surface area contributed by atoms with Crippen LogP contribution in [0.2, 0.25) is 0 Å². The fraction of sp³-hybridized carbons (Fsp3) is 0.217. The number of hydrogen-bond donors (Lipinski definition) is 1. The van der Waals surface area contributed by atoms with E-state index in [1.165, 1.54) is 13.2 Å². The lowest BCUT2D eigenvalue weighted by Gasteiger charge is -2.12. The first-order chi connectivity index (χ1) is 16.7. The molecule has 0 spiro atoms. The van der Waals surface area contributed by atoms with Crippen LogP contribution in [0.25, 0.3) is 6.08 Å². The number of rotatable bonds is 10. The van der Waals surface area contributed by atoms with Crippen molar-refractivity contribution in [2.24, 2.45) is 0 Å². The standard InChI is InChI=1S/C23H22N4O6S2/c1-15-4-7-18(8-5-15)32-10-11-33-19-9-6-16(13-20(19)31-2)12-17(14-24)21(28)25-22-26-23(27-34-22)35(3,29)30/h4-9,12-13H,10-11H2,1-3H3,(H,25,26,27,28)/b17-12-. The quantitative estimate of drug-likeness (QED) is 0.245. The smallest absolute Gasteiger partial charge is 0.268 e. The maximum Gasteiger partial charge on any atom is 0.268 e. The molecule has 0 unspecified atom stereocenters. The molecule has 0 saturated heterocycles. The maximum atomic E-state index is 12.5. The zero-order chi connectivity index (χ0) is 25.4. The zero-order valence-corrected chi connectivity index (χ0v) is 20.8. The van der Waals surface area contributed by atoms with Crippen LogP contribution in [0.3, 0.4) is 0 Å². The molecule has 0 fully saturated rings. The minimum Gasteiger partial charge on any atom is -0.493 e. The Bertz CT molecular complexity index is 1380. The van der Waals surface area contributed by atoms with Gasteiger partial charge in [0, 0.05) is 17.8 Å². The Morgan fingerprint density at radius 3 is 2.49 bits per heavy atom. The van der Waals surface area contributed by atoms with Crippen molar-refractivity contribution >= 4 is 38.5 Å². The topological polar surface area (TPSA) is 140 Å². The summed E-state index contributed by atoms with van der Waals surface area (Å²) in [6, 6.07) is 14.4. The number of hydrogen-bond acceptors (Lipinski definition) is 10. The summed E-state index contributed by atoms with van der Waals surface area (Å²) in [6.07, 6.45) is 2.32. The van der Waals surface area contributed by atoms with E-state index in [2.05, 4.69) is 14.7 Å². The number of aromatic nitrogens is 2. The van der Waals surface area contributed by atoms with Crippen molar-refractivity contribution in [1.29, 1.82) is 5.26 Å². The van der Waals surface area contributed by atoms with E-state index in [-0.39, 0.29) is 17.3 Å². The van der Waals surface area contributed by atoms with Crippen molar-refractivity contribution < 1.29 is 27.4 Å². The Balaban J connectivity index is 1.64. The van der Waals surface area contributed by atoms with Gasteiger partial charge < -0.3 is 14.2 Å². The molecule has 3 rings (SSSR count). The third-order valence-corrected chi connectivity index (χ3v) is 6.05. The first kappa shape index (κ1) is 25.7. The summed E-state index contributed by atoms with van der Waals surface area (Å²) < 4.78 is 43.4. The minimum absolute atomic E-state index is 0.0363. The number of carbonyl (C=O) groups is 1. The van der Waals surface area contributed by atoms with Crippen LogP contribution >= 0.6 is 11.5 Å². The molecule has 35 heavy (non-hydrogen) atoms. The monoisotopic (exact) mass is 514 g/mol. The van der Waals surface area contributed by atoms with Gasteiger partial charge in [0.15, 0.2) is 11.5 Å². The number of amides is 1. The van der Waals surface area contributed by atoms with Crippen LogP contribution < -0.4 is 19.5 Å². The molecule has 3 aromatic rings. The number of carbonyl (C=O) groups excluding carboxylic acids is 1. The van der Waals surface area contributed by atoms with Crippen molar-refractivity contribution in [1.82, 2.24) is 9.36 Å². The Morgan fingerprint density at radius 1 is 1.14 bits per heavy atom. The first-order valence-corrected chi connectivity index (χ1v) is 12.8. The van der Waals surface area contributed by atoms with Crippen LogP contribution in [0.1, 0.15) is 11.1 Å². The molecule has 1 N–H and O–H groups in total. The molecule has 0 aliphatic rings. The van der Waals surface area contributed by atoms with E-state index in [0.29, 0.717) is 35.2 Å². The van der Waals surface area contributed by atoms with Gasteiger partial charge in [-0.05, 0) is 42.8 Å². The SMILES string of the molecule is COc1cc(/C=C(/C#N)C(=O)Nc2nc(S(C)(=O)=O)ns2)ccc1OCCOc1ccc(C)cc1. The molecular formula is C23H22N4O6S2. The number of anilines is 1. The highest BCUT2D eigenvalue weighted by Gasteiger charge is 2.17. The van der Waals surface area contributed by atoms with Crippen molar-refractivity contribution in [3.05, 3.63) is 59.2 Å². The number of nitrogens with zero attached hydrogens (tertiary/aromatic N) is 3. The van der Waals surface area contributed by atoms with E-state index in [9.17, 15) is 18.5 Å². The molecule has 2 aromatic carbocycles. The van der Waals surface area contributed by atoms with Gasteiger partial charge in [0.2, 0.25) is 15.0 Å². The van der Waals surface area contributed by atoms with Gasteiger partial charge >= 0.3 is 0 Å². The molecule has 1 amide bonds. The third-order valence-electron chi connectivity index (χ3n) is 4.45. The summed E-state index contributed by atoms with van der Waals surface area (Å²) in [5, 5.41) is 11.4. The highest BCUT2D eigenvalue weighted by molar-refractivity contribution is 7.90. The Hall–Kier alpha value is -3.95. The second kappa shape index (κ2) is 11.5. The van der Waals surface area contributed by atoms with Crippen LogP contribution in [-0.2, 0) is 14.6 Å². The zero-order valence-electron chi connectivity index (χ0n) is 19.1. The van der Waals surface area contributed by atoms with Gasteiger partial charge in [-0.25, -0.2) is 8.42 Å². The Kier molecular flexibility index (Phi) is 8.40. The van der Waals surface area contributed by atoms with E-state index in [1.54, 1.807) is 18.2 Å². The molecule has 0 atom stereocenters. The molecule has 0 bridgehead atoms. The average molecular weight is 515 g/mol. The van der Waals surface area contributed by atoms with E-state index in [4.69, 9.17) is 14.2 Å². The number of sulfone groups is 1. The van der Waals surface area contributed by atoms with E-state index >= 15 is 0 Å². The number of methoxy groups -OCH3 is 1. The number of nitriles is 1. The molecule has 1 heterocycles. The van der Waals surface area contributed by atoms with Crippen LogP contribution in [0.5, 0.6) is 17.2 Å². The lowest BCUT2D eigenvalue weighted by molar-refractivity contribution is -0.112. The second-order valence-electron chi connectivity index (χ2n) is 7.20. The van der Waals surface area contributed by atoms with Gasteiger partial charge in [0.05, 0.1) is 7.11 Å². The van der Waals surface area contributed by atoms with Crippen molar-refractivity contribution in [3.63, 3.8) is 0 Å². The summed E-state index contributed by atoms with van der Waals surface area (Å²) in [7, 11) is -2.13. The fourth-order valence-electron chi connectivity index (χ4n) is 2.73. The van der Waals surface area contributed by atoms with E-state index in [1.807, 2.05) is 37.3 Å². The molecule has 0 saturated carbocycles. The summed E-state index contributed by atoms with van der Waals surface area (Å²) in [6.45, 7) is 2.61. The molecule has 10 nitrogen and oxygen atoms in total. The number of benzene rings is 2. The molecule has 0 aliphatic heterocycles. The molecule has 12 heteroatoms. The normalized spacial score (nSPS) is 11.4. The van der Waals surface area contributed by atoms with Crippen LogP contribution in [0.15, 0.2) is 53.2 Å². The van der Waals surface area contributed by atoms with Gasteiger partial charge in [-0.15, -0.1) is 0 Å². The van der Waals surface area contributed by atoms with E-state index in [0.717, 1.165) is 17.6 Å². The van der Waals surface area contributed by atoms with Gasteiger partial charge in [-0.1, -0.05) is 23.8 Å². The first-order valence-electron chi connectivity index (χ1n) is 10.2. The molecule has 0 radical (unpaired) electrons. The predicted molar refractivity (Wildman–Crippen MR) is 130 cm³/mol. The van der Waals surface area contributed by atoms with Crippen LogP contribution in [0.4, 0.5) is 5.13 Å². The number of ether oxygens (including phenoxy) is 3. The van der Waals surface area contributed by atoms with Gasteiger partial charge in [0.25, 0.3) is 11.1 Å². The maximum absolute atomic E-state index is 12.5. The van der Waals surface area contributed by atoms with Gasteiger partial charge in [0.1, 0.15) is 30.6 Å². The minimum atomic E-state index is -3.60. The second-order valence-corrected chi connectivity index (χ2v) is 9.86. The molecular weight excluding hydrogens is 492 g/mol. The highest BCUT2D eigenvalue weighted by Crippen LogP contribution is 2.29. The summed E-state index contributed by atoms with van der Waals surface area (Å²) in [5.41, 5.74) is 1.44. The van der Waals surface area contributed by atoms with Crippen LogP contribution in [-0.4, -0.2) is 50.3 Å². The molecule has 182 valence electrons. The fourth-order valence-corrected chi connectivity index (χ4v) is 4.17. The largest absolute Gasteiger partial charge is 0.493 e. The average Bonchev–Trinajstić information content (AvgIpc) is 3.31. The lowest BCUT2D eigenvalue weighted by Crippen LogP contribution is -2.13. The Morgan fingerprint density at radius 2 is 1.86 bits per heavy atom. The number of nitrogens with one attached hydrogen (secondary N) is 1.